The van der Waals surface area contributed by atoms with Gasteiger partial charge >= 0.3 is 5.97 Å². The van der Waals surface area contributed by atoms with Gasteiger partial charge in [-0.05, 0) is 0 Å². The summed E-state index contributed by atoms with van der Waals surface area (Å²) in [5.74, 6) is -0.635. The molecule has 0 saturated carbocycles. The highest BCUT2D eigenvalue weighted by molar-refractivity contribution is 6.32. The van der Waals surface area contributed by atoms with Crippen LogP contribution in [0, 0.1) is 0 Å². The molecule has 0 aromatic carbocycles. The van der Waals surface area contributed by atoms with Crippen molar-refractivity contribution >= 4 is 23.2 Å². The van der Waals surface area contributed by atoms with Gasteiger partial charge < -0.3 is 5.11 Å². The summed E-state index contributed by atoms with van der Waals surface area (Å²) < 4.78 is 1.50. The number of carboxylic acids is 1. The number of aliphatic carboxylic acids is 1. The van der Waals surface area contributed by atoms with Gasteiger partial charge in [-0.3, -0.25) is 9.20 Å². The van der Waals surface area contributed by atoms with E-state index in [4.69, 9.17) is 16.7 Å². The van der Waals surface area contributed by atoms with Gasteiger partial charge in [-0.15, -0.1) is 10.2 Å². The maximum Gasteiger partial charge on any atom is 0.311 e. The van der Waals surface area contributed by atoms with E-state index in [1.165, 1.54) is 10.6 Å². The summed E-state index contributed by atoms with van der Waals surface area (Å²) in [5, 5.41) is 16.2. The first-order valence-corrected chi connectivity index (χ1v) is 4.12. The van der Waals surface area contributed by atoms with Gasteiger partial charge in [0.1, 0.15) is 12.2 Å². The van der Waals surface area contributed by atoms with Gasteiger partial charge in [0.25, 0.3) is 0 Å². The molecule has 0 radical (unpaired) electrons. The van der Waals surface area contributed by atoms with Crippen molar-refractivity contribution in [2.24, 2.45) is 0 Å². The van der Waals surface area contributed by atoms with E-state index in [9.17, 15) is 4.79 Å². The summed E-state index contributed by atoms with van der Waals surface area (Å²) >= 11 is 5.73. The average molecular weight is 213 g/mol. The summed E-state index contributed by atoms with van der Waals surface area (Å²) in [6.45, 7) is 0. The van der Waals surface area contributed by atoms with Crippen molar-refractivity contribution in [1.82, 2.24) is 19.6 Å². The van der Waals surface area contributed by atoms with E-state index in [1.807, 2.05) is 0 Å². The summed E-state index contributed by atoms with van der Waals surface area (Å²) in [6.07, 6.45) is 2.84. The number of hydrogen-bond donors (Lipinski definition) is 1. The third-order valence-corrected chi connectivity index (χ3v) is 1.93. The summed E-state index contributed by atoms with van der Waals surface area (Å²) in [4.78, 5) is 14.3. The van der Waals surface area contributed by atoms with Crippen LogP contribution in [0.1, 0.15) is 5.82 Å². The molecule has 7 heteroatoms. The molecule has 0 aliphatic carbocycles. The van der Waals surface area contributed by atoms with Crippen LogP contribution in [-0.4, -0.2) is 30.7 Å². The molecule has 0 fully saturated rings. The number of hydrogen-bond acceptors (Lipinski definition) is 4. The van der Waals surface area contributed by atoms with Crippen LogP contribution in [0.4, 0.5) is 0 Å². The van der Waals surface area contributed by atoms with Crippen molar-refractivity contribution in [3.63, 3.8) is 0 Å². The van der Waals surface area contributed by atoms with Crippen LogP contribution in [-0.2, 0) is 11.2 Å². The second kappa shape index (κ2) is 3.22. The molecule has 0 spiro atoms. The van der Waals surface area contributed by atoms with Gasteiger partial charge in [0.15, 0.2) is 10.8 Å². The highest BCUT2D eigenvalue weighted by atomic mass is 35.5. The lowest BCUT2D eigenvalue weighted by atomic mass is 10.4. The molecule has 0 aliphatic heterocycles. The van der Waals surface area contributed by atoms with E-state index in [-0.39, 0.29) is 11.6 Å². The van der Waals surface area contributed by atoms with Crippen LogP contribution in [0.25, 0.3) is 5.65 Å². The van der Waals surface area contributed by atoms with E-state index in [1.54, 1.807) is 6.20 Å². The van der Waals surface area contributed by atoms with Crippen LogP contribution in [0.3, 0.4) is 0 Å². The maximum atomic E-state index is 10.5. The Morgan fingerprint density at radius 3 is 3.07 bits per heavy atom. The molecule has 2 rings (SSSR count). The predicted molar refractivity (Wildman–Crippen MR) is 47.1 cm³/mol. The van der Waals surface area contributed by atoms with Crippen LogP contribution < -0.4 is 0 Å². The number of nitrogens with zero attached hydrogens (tertiary/aromatic N) is 4. The highest BCUT2D eigenvalue weighted by Crippen LogP contribution is 2.12. The minimum atomic E-state index is -0.966. The average Bonchev–Trinajstić information content (AvgIpc) is 2.49. The van der Waals surface area contributed by atoms with Gasteiger partial charge in [-0.25, -0.2) is 4.98 Å². The summed E-state index contributed by atoms with van der Waals surface area (Å²) in [6, 6.07) is 0. The van der Waals surface area contributed by atoms with E-state index < -0.39 is 5.97 Å². The largest absolute Gasteiger partial charge is 0.481 e. The Labute approximate surface area is 83.2 Å². The van der Waals surface area contributed by atoms with Gasteiger partial charge in [0.2, 0.25) is 0 Å². The number of carbonyl (C=O) groups is 1. The van der Waals surface area contributed by atoms with E-state index in [0.717, 1.165) is 0 Å². The summed E-state index contributed by atoms with van der Waals surface area (Å²) in [5.41, 5.74) is 0.366. The Morgan fingerprint density at radius 1 is 1.57 bits per heavy atom. The molecule has 72 valence electrons. The smallest absolute Gasteiger partial charge is 0.311 e. The molecule has 0 bridgehead atoms. The summed E-state index contributed by atoms with van der Waals surface area (Å²) in [7, 11) is 0. The quantitative estimate of drug-likeness (QED) is 0.780. The third kappa shape index (κ3) is 1.39. The van der Waals surface area contributed by atoms with Crippen LogP contribution >= 0.6 is 11.6 Å². The molecule has 0 saturated heterocycles. The standard InChI is InChI=1S/C7H5ClN4O2/c8-6-7-11-10-4(3-5(13)14)12(7)2-1-9-6/h1-2H,3H2,(H,13,14). The fourth-order valence-electron chi connectivity index (χ4n) is 1.10. The van der Waals surface area contributed by atoms with Crippen molar-refractivity contribution < 1.29 is 9.90 Å². The monoisotopic (exact) mass is 212 g/mol. The first-order valence-electron chi connectivity index (χ1n) is 3.74. The molecule has 0 atom stereocenters. The SMILES string of the molecule is O=C(O)Cc1nnc2c(Cl)nccn12. The zero-order chi connectivity index (χ0) is 10.1. The Hall–Kier alpha value is -1.69. The maximum absolute atomic E-state index is 10.5. The number of carboxylic acid groups (broad SMARTS) is 1. The van der Waals surface area contributed by atoms with Crippen molar-refractivity contribution in [3.8, 4) is 0 Å². The predicted octanol–water partition coefficient (Wildman–Crippen LogP) is 0.405. The van der Waals surface area contributed by atoms with Crippen LogP contribution in [0.15, 0.2) is 12.4 Å². The molecule has 6 nitrogen and oxygen atoms in total. The van der Waals surface area contributed by atoms with E-state index in [0.29, 0.717) is 11.5 Å². The molecular formula is C7H5ClN4O2. The van der Waals surface area contributed by atoms with Crippen molar-refractivity contribution in [2.75, 3.05) is 0 Å². The Bertz CT molecular complexity index is 495. The lowest BCUT2D eigenvalue weighted by molar-refractivity contribution is -0.136. The molecular weight excluding hydrogens is 208 g/mol. The fraction of sp³-hybridized carbons (Fsp3) is 0.143. The van der Waals surface area contributed by atoms with Crippen molar-refractivity contribution in [1.29, 1.82) is 0 Å². The van der Waals surface area contributed by atoms with E-state index >= 15 is 0 Å². The second-order valence-corrected chi connectivity index (χ2v) is 2.96. The Kier molecular flexibility index (Phi) is 2.05. The Balaban J connectivity index is 2.58. The van der Waals surface area contributed by atoms with Gasteiger partial charge in [-0.2, -0.15) is 0 Å². The molecule has 2 aromatic heterocycles. The normalized spacial score (nSPS) is 10.6. The zero-order valence-electron chi connectivity index (χ0n) is 6.88. The molecule has 0 aliphatic rings. The minimum Gasteiger partial charge on any atom is -0.481 e. The Morgan fingerprint density at radius 2 is 2.36 bits per heavy atom. The van der Waals surface area contributed by atoms with Gasteiger partial charge in [-0.1, -0.05) is 11.6 Å². The van der Waals surface area contributed by atoms with Crippen molar-refractivity contribution in [2.45, 2.75) is 6.42 Å². The lowest BCUT2D eigenvalue weighted by Gasteiger charge is -1.95. The minimum absolute atomic E-state index is 0.193. The molecule has 14 heavy (non-hydrogen) atoms. The van der Waals surface area contributed by atoms with Crippen LogP contribution in [0.5, 0.6) is 0 Å². The lowest BCUT2D eigenvalue weighted by Crippen LogP contribution is -2.04. The number of halogens is 1. The van der Waals surface area contributed by atoms with Crippen LogP contribution in [0.2, 0.25) is 5.15 Å². The number of fused-ring (bicyclic) bond motifs is 1. The molecule has 1 N–H and O–H groups in total. The second-order valence-electron chi connectivity index (χ2n) is 2.60. The van der Waals surface area contributed by atoms with Gasteiger partial charge in [0.05, 0.1) is 0 Å². The topological polar surface area (TPSA) is 80.4 Å². The van der Waals surface area contributed by atoms with Crippen molar-refractivity contribution in [3.05, 3.63) is 23.4 Å². The zero-order valence-corrected chi connectivity index (χ0v) is 7.64. The highest BCUT2D eigenvalue weighted by Gasteiger charge is 2.11. The first-order chi connectivity index (χ1) is 6.68. The molecule has 2 aromatic rings. The first kappa shape index (κ1) is 8.89. The number of rotatable bonds is 2. The number of aromatic nitrogens is 4. The fourth-order valence-corrected chi connectivity index (χ4v) is 1.29. The van der Waals surface area contributed by atoms with Gasteiger partial charge in [0, 0.05) is 12.4 Å². The molecule has 0 amide bonds. The molecule has 2 heterocycles. The van der Waals surface area contributed by atoms with E-state index in [2.05, 4.69) is 15.2 Å². The third-order valence-electron chi connectivity index (χ3n) is 1.66. The molecule has 0 unspecified atom stereocenters.